The number of carboxylic acids is 1. The lowest BCUT2D eigenvalue weighted by molar-refractivity contribution is -0.151. The number of carboxylic acid groups (broad SMARTS) is 1. The van der Waals surface area contributed by atoms with Crippen molar-refractivity contribution in [3.63, 3.8) is 0 Å². The van der Waals surface area contributed by atoms with Crippen LogP contribution < -0.4 is 10.6 Å². The molecule has 0 radical (unpaired) electrons. The second kappa shape index (κ2) is 6.22. The minimum atomic E-state index is -1.04. The summed E-state index contributed by atoms with van der Waals surface area (Å²) in [5.74, 6) is -1.65. The fourth-order valence-corrected chi connectivity index (χ4v) is 1.53. The lowest BCUT2D eigenvalue weighted by atomic mass is 9.74. The zero-order chi connectivity index (χ0) is 16.3. The molecular formula is C15H21FN2O3. The van der Waals surface area contributed by atoms with Crippen LogP contribution in [0.1, 0.15) is 27.7 Å². The van der Waals surface area contributed by atoms with Crippen LogP contribution in [0, 0.1) is 11.2 Å². The third-order valence-electron chi connectivity index (χ3n) is 3.92. The second-order valence-electron chi connectivity index (χ2n) is 5.96. The van der Waals surface area contributed by atoms with Crippen LogP contribution in [0.4, 0.5) is 10.1 Å². The van der Waals surface area contributed by atoms with Crippen LogP contribution in [-0.2, 0) is 9.59 Å². The maximum absolute atomic E-state index is 12.8. The molecule has 0 unspecified atom stereocenters. The number of benzene rings is 1. The van der Waals surface area contributed by atoms with Crippen molar-refractivity contribution < 1.29 is 19.1 Å². The quantitative estimate of drug-likeness (QED) is 0.752. The number of hydrogen-bond acceptors (Lipinski definition) is 3. The monoisotopic (exact) mass is 296 g/mol. The van der Waals surface area contributed by atoms with Gasteiger partial charge in [0.1, 0.15) is 5.82 Å². The molecule has 1 aromatic rings. The van der Waals surface area contributed by atoms with E-state index in [9.17, 15) is 19.1 Å². The number of amides is 1. The molecule has 0 aliphatic carbocycles. The number of hydrogen-bond donors (Lipinski definition) is 3. The normalized spacial score (nSPS) is 12.0. The van der Waals surface area contributed by atoms with Crippen molar-refractivity contribution in [3.05, 3.63) is 30.1 Å². The van der Waals surface area contributed by atoms with Crippen LogP contribution in [0.25, 0.3) is 0 Å². The molecular weight excluding hydrogens is 275 g/mol. The minimum absolute atomic E-state index is 0.0406. The van der Waals surface area contributed by atoms with Crippen molar-refractivity contribution in [1.29, 1.82) is 0 Å². The highest BCUT2D eigenvalue weighted by atomic mass is 19.1. The number of carbonyl (C=O) groups is 2. The van der Waals surface area contributed by atoms with Gasteiger partial charge in [-0.05, 0) is 52.0 Å². The maximum atomic E-state index is 12.8. The number of rotatable bonds is 6. The van der Waals surface area contributed by atoms with Crippen molar-refractivity contribution in [3.8, 4) is 0 Å². The van der Waals surface area contributed by atoms with Gasteiger partial charge in [-0.15, -0.1) is 0 Å². The summed E-state index contributed by atoms with van der Waals surface area (Å²) in [6.45, 7) is 6.61. The van der Waals surface area contributed by atoms with Gasteiger partial charge in [0.05, 0.1) is 12.0 Å². The highest BCUT2D eigenvalue weighted by Crippen LogP contribution is 2.30. The number of halogens is 1. The molecule has 0 aliphatic heterocycles. The summed E-state index contributed by atoms with van der Waals surface area (Å²) in [5, 5.41) is 14.8. The van der Waals surface area contributed by atoms with Crippen LogP contribution in [0.15, 0.2) is 24.3 Å². The summed E-state index contributed by atoms with van der Waals surface area (Å²) in [6, 6.07) is 5.42. The molecule has 0 aliphatic rings. The zero-order valence-corrected chi connectivity index (χ0v) is 12.7. The topological polar surface area (TPSA) is 78.4 Å². The van der Waals surface area contributed by atoms with Crippen molar-refractivity contribution in [2.45, 2.75) is 33.2 Å². The molecule has 1 rings (SSSR count). The Labute approximate surface area is 123 Å². The summed E-state index contributed by atoms with van der Waals surface area (Å²) >= 11 is 0. The minimum Gasteiger partial charge on any atom is -0.481 e. The molecule has 0 bridgehead atoms. The molecule has 6 heteroatoms. The molecule has 3 N–H and O–H groups in total. The second-order valence-corrected chi connectivity index (χ2v) is 5.96. The van der Waals surface area contributed by atoms with Gasteiger partial charge in [0.25, 0.3) is 0 Å². The van der Waals surface area contributed by atoms with E-state index in [-0.39, 0.29) is 18.3 Å². The molecule has 0 atom stereocenters. The van der Waals surface area contributed by atoms with E-state index < -0.39 is 16.9 Å². The Bertz CT molecular complexity index is 524. The first kappa shape index (κ1) is 17.1. The van der Waals surface area contributed by atoms with Gasteiger partial charge in [-0.25, -0.2) is 4.39 Å². The number of aliphatic carboxylic acids is 1. The van der Waals surface area contributed by atoms with Crippen LogP contribution in [-0.4, -0.2) is 29.1 Å². The summed E-state index contributed by atoms with van der Waals surface area (Å²) in [5.41, 5.74) is -1.33. The van der Waals surface area contributed by atoms with E-state index in [0.717, 1.165) is 0 Å². The first-order valence-corrected chi connectivity index (χ1v) is 6.60. The Morgan fingerprint density at radius 3 is 2.14 bits per heavy atom. The van der Waals surface area contributed by atoms with Crippen LogP contribution in [0.3, 0.4) is 0 Å². The van der Waals surface area contributed by atoms with E-state index in [1.54, 1.807) is 27.7 Å². The Kier molecular flexibility index (Phi) is 5.06. The van der Waals surface area contributed by atoms with Gasteiger partial charge in [-0.3, -0.25) is 9.59 Å². The van der Waals surface area contributed by atoms with Crippen LogP contribution in [0.2, 0.25) is 0 Å². The molecule has 0 fully saturated rings. The Morgan fingerprint density at radius 2 is 1.67 bits per heavy atom. The average Bonchev–Trinajstić information content (AvgIpc) is 2.39. The smallest absolute Gasteiger partial charge is 0.310 e. The van der Waals surface area contributed by atoms with Crippen molar-refractivity contribution in [2.75, 3.05) is 11.9 Å². The van der Waals surface area contributed by atoms with E-state index in [1.807, 2.05) is 0 Å². The fraction of sp³-hybridized carbons (Fsp3) is 0.467. The van der Waals surface area contributed by atoms with E-state index in [1.165, 1.54) is 24.3 Å². The molecule has 0 aromatic heterocycles. The highest BCUT2D eigenvalue weighted by Gasteiger charge is 2.43. The molecule has 0 heterocycles. The summed E-state index contributed by atoms with van der Waals surface area (Å²) in [7, 11) is 0. The Morgan fingerprint density at radius 1 is 1.14 bits per heavy atom. The molecule has 116 valence electrons. The molecule has 0 saturated heterocycles. The number of anilines is 1. The van der Waals surface area contributed by atoms with Crippen molar-refractivity contribution in [1.82, 2.24) is 5.32 Å². The van der Waals surface area contributed by atoms with Gasteiger partial charge in [0, 0.05) is 11.2 Å². The average molecular weight is 296 g/mol. The third-order valence-corrected chi connectivity index (χ3v) is 3.92. The predicted octanol–water partition coefficient (Wildman–Crippen LogP) is 2.24. The molecule has 5 nitrogen and oxygen atoms in total. The Balaban J connectivity index is 2.60. The predicted molar refractivity (Wildman–Crippen MR) is 78.5 cm³/mol. The molecule has 0 spiro atoms. The molecule has 21 heavy (non-hydrogen) atoms. The summed E-state index contributed by atoms with van der Waals surface area (Å²) in [4.78, 5) is 23.1. The van der Waals surface area contributed by atoms with Crippen LogP contribution >= 0.6 is 0 Å². The lowest BCUT2D eigenvalue weighted by Gasteiger charge is -2.38. The number of carbonyl (C=O) groups excluding carboxylic acids is 1. The number of nitrogens with one attached hydrogen (secondary N) is 2. The molecule has 0 saturated carbocycles. The van der Waals surface area contributed by atoms with Crippen molar-refractivity contribution >= 4 is 17.6 Å². The maximum Gasteiger partial charge on any atom is 0.310 e. The van der Waals surface area contributed by atoms with E-state index in [4.69, 9.17) is 0 Å². The van der Waals surface area contributed by atoms with Gasteiger partial charge in [0.15, 0.2) is 0 Å². The first-order chi connectivity index (χ1) is 9.56. The van der Waals surface area contributed by atoms with Crippen molar-refractivity contribution in [2.24, 2.45) is 5.41 Å². The highest BCUT2D eigenvalue weighted by molar-refractivity contribution is 5.92. The third kappa shape index (κ3) is 4.26. The largest absolute Gasteiger partial charge is 0.481 e. The van der Waals surface area contributed by atoms with Gasteiger partial charge < -0.3 is 15.7 Å². The SMILES string of the molecule is CC(C)(NCC(=O)Nc1ccc(F)cc1)C(C)(C)C(=O)O. The van der Waals surface area contributed by atoms with Crippen LogP contribution in [0.5, 0.6) is 0 Å². The van der Waals surface area contributed by atoms with Gasteiger partial charge in [-0.1, -0.05) is 0 Å². The van der Waals surface area contributed by atoms with Gasteiger partial charge >= 0.3 is 5.97 Å². The molecule has 1 amide bonds. The lowest BCUT2D eigenvalue weighted by Crippen LogP contribution is -2.56. The van der Waals surface area contributed by atoms with E-state index in [0.29, 0.717) is 5.69 Å². The Hall–Kier alpha value is -1.95. The van der Waals surface area contributed by atoms with Gasteiger partial charge in [0.2, 0.25) is 5.91 Å². The standard InChI is InChI=1S/C15H21FN2O3/c1-14(2,13(20)21)15(3,4)17-9-12(19)18-11-7-5-10(16)6-8-11/h5-8,17H,9H2,1-4H3,(H,18,19)(H,20,21). The fourth-order valence-electron chi connectivity index (χ4n) is 1.53. The first-order valence-electron chi connectivity index (χ1n) is 6.60. The zero-order valence-electron chi connectivity index (χ0n) is 12.7. The van der Waals surface area contributed by atoms with E-state index >= 15 is 0 Å². The van der Waals surface area contributed by atoms with E-state index in [2.05, 4.69) is 10.6 Å². The van der Waals surface area contributed by atoms with Gasteiger partial charge in [-0.2, -0.15) is 0 Å². The molecule has 1 aromatic carbocycles. The summed E-state index contributed by atoms with van der Waals surface area (Å²) < 4.78 is 12.8. The summed E-state index contributed by atoms with van der Waals surface area (Å²) in [6.07, 6.45) is 0.